The Morgan fingerprint density at radius 2 is 1.71 bits per heavy atom. The number of nitrogens with one attached hydrogen (secondary N) is 1. The first-order valence-electron chi connectivity index (χ1n) is 10.9. The fourth-order valence-corrected chi connectivity index (χ4v) is 4.77. The summed E-state index contributed by atoms with van der Waals surface area (Å²) >= 11 is 1.30. The molecule has 1 amide bonds. The minimum absolute atomic E-state index is 0.139. The molecule has 0 fully saturated rings. The summed E-state index contributed by atoms with van der Waals surface area (Å²) in [7, 11) is 0. The average Bonchev–Trinajstić information content (AvgIpc) is 3.25. The van der Waals surface area contributed by atoms with Crippen LogP contribution in [0, 0.1) is 13.8 Å². The summed E-state index contributed by atoms with van der Waals surface area (Å²) in [5.41, 5.74) is 4.04. The SMILES string of the molecule is Cc1ccc(C)c(-n2c(=O)c3ccccc3n3c(SC(C)C(=O)Nc4ccccc4)nnc23)c1. The van der Waals surface area contributed by atoms with Crippen LogP contribution in [0.5, 0.6) is 0 Å². The van der Waals surface area contributed by atoms with Crippen molar-refractivity contribution in [1.29, 1.82) is 0 Å². The third-order valence-corrected chi connectivity index (χ3v) is 6.74. The van der Waals surface area contributed by atoms with Gasteiger partial charge in [0.2, 0.25) is 11.7 Å². The Morgan fingerprint density at radius 3 is 2.50 bits per heavy atom. The van der Waals surface area contributed by atoms with Crippen LogP contribution in [-0.4, -0.2) is 30.3 Å². The maximum absolute atomic E-state index is 13.6. The number of carbonyl (C=O) groups excluding carboxylic acids is 1. The van der Waals surface area contributed by atoms with E-state index < -0.39 is 5.25 Å². The second-order valence-corrected chi connectivity index (χ2v) is 9.49. The second kappa shape index (κ2) is 8.79. The number of para-hydroxylation sites is 2. The molecular weight excluding hydrogens is 446 g/mol. The summed E-state index contributed by atoms with van der Waals surface area (Å²) in [6, 6.07) is 22.7. The van der Waals surface area contributed by atoms with E-state index in [0.717, 1.165) is 22.5 Å². The molecule has 2 aromatic heterocycles. The van der Waals surface area contributed by atoms with Crippen molar-refractivity contribution >= 4 is 40.0 Å². The predicted molar refractivity (Wildman–Crippen MR) is 136 cm³/mol. The summed E-state index contributed by atoms with van der Waals surface area (Å²) in [4.78, 5) is 26.4. The zero-order valence-corrected chi connectivity index (χ0v) is 19.8. The van der Waals surface area contributed by atoms with Crippen LogP contribution in [0.2, 0.25) is 0 Å². The van der Waals surface area contributed by atoms with Crippen molar-refractivity contribution in [3.8, 4) is 5.69 Å². The van der Waals surface area contributed by atoms with E-state index in [1.54, 1.807) is 10.6 Å². The molecule has 0 aliphatic heterocycles. The first-order valence-corrected chi connectivity index (χ1v) is 11.8. The fraction of sp³-hybridized carbons (Fsp3) is 0.154. The van der Waals surface area contributed by atoms with Crippen LogP contribution in [0.15, 0.2) is 82.7 Å². The van der Waals surface area contributed by atoms with Gasteiger partial charge in [-0.1, -0.05) is 54.2 Å². The molecule has 1 N–H and O–H groups in total. The number of anilines is 1. The molecule has 0 saturated carbocycles. The molecule has 5 aromatic rings. The number of hydrogen-bond acceptors (Lipinski definition) is 5. The van der Waals surface area contributed by atoms with E-state index in [-0.39, 0.29) is 11.5 Å². The number of aromatic nitrogens is 4. The number of fused-ring (bicyclic) bond motifs is 3. The number of nitrogens with zero attached hydrogens (tertiary/aromatic N) is 4. The highest BCUT2D eigenvalue weighted by Gasteiger charge is 2.22. The summed E-state index contributed by atoms with van der Waals surface area (Å²) < 4.78 is 3.46. The van der Waals surface area contributed by atoms with Crippen molar-refractivity contribution in [2.75, 3.05) is 5.32 Å². The Bertz CT molecular complexity index is 1590. The van der Waals surface area contributed by atoms with E-state index >= 15 is 0 Å². The van der Waals surface area contributed by atoms with Crippen LogP contribution in [0.3, 0.4) is 0 Å². The number of aryl methyl sites for hydroxylation is 2. The monoisotopic (exact) mass is 469 g/mol. The van der Waals surface area contributed by atoms with Crippen molar-refractivity contribution in [3.05, 3.63) is 94.3 Å². The van der Waals surface area contributed by atoms with Crippen molar-refractivity contribution in [1.82, 2.24) is 19.2 Å². The molecule has 0 bridgehead atoms. The van der Waals surface area contributed by atoms with Crippen LogP contribution >= 0.6 is 11.8 Å². The van der Waals surface area contributed by atoms with Gasteiger partial charge in [0.25, 0.3) is 5.56 Å². The molecule has 0 spiro atoms. The van der Waals surface area contributed by atoms with Crippen LogP contribution in [-0.2, 0) is 4.79 Å². The van der Waals surface area contributed by atoms with Gasteiger partial charge in [-0.15, -0.1) is 10.2 Å². The van der Waals surface area contributed by atoms with E-state index in [2.05, 4.69) is 15.5 Å². The normalized spacial score (nSPS) is 12.2. The smallest absolute Gasteiger partial charge is 0.267 e. The van der Waals surface area contributed by atoms with Gasteiger partial charge in [-0.25, -0.2) is 4.57 Å². The summed E-state index contributed by atoms with van der Waals surface area (Å²) in [6.07, 6.45) is 0. The van der Waals surface area contributed by atoms with E-state index in [4.69, 9.17) is 0 Å². The van der Waals surface area contributed by atoms with Crippen LogP contribution in [0.4, 0.5) is 5.69 Å². The van der Waals surface area contributed by atoms with Crippen molar-refractivity contribution in [2.24, 2.45) is 0 Å². The number of amides is 1. The first kappa shape index (κ1) is 21.9. The van der Waals surface area contributed by atoms with Crippen molar-refractivity contribution in [2.45, 2.75) is 31.2 Å². The lowest BCUT2D eigenvalue weighted by Crippen LogP contribution is -2.24. The molecule has 0 saturated heterocycles. The van der Waals surface area contributed by atoms with Gasteiger partial charge < -0.3 is 5.32 Å². The van der Waals surface area contributed by atoms with Gasteiger partial charge in [0, 0.05) is 5.69 Å². The Hall–Kier alpha value is -3.91. The number of carbonyl (C=O) groups is 1. The number of thioether (sulfide) groups is 1. The Kier molecular flexibility index (Phi) is 5.67. The third kappa shape index (κ3) is 3.86. The molecule has 5 rings (SSSR count). The van der Waals surface area contributed by atoms with E-state index in [9.17, 15) is 9.59 Å². The highest BCUT2D eigenvalue weighted by molar-refractivity contribution is 8.00. The van der Waals surface area contributed by atoms with Gasteiger partial charge in [-0.05, 0) is 62.2 Å². The summed E-state index contributed by atoms with van der Waals surface area (Å²) in [5.74, 6) is 0.274. The molecule has 0 aliphatic rings. The minimum atomic E-state index is -0.438. The van der Waals surface area contributed by atoms with Gasteiger partial charge in [0.05, 0.1) is 21.8 Å². The zero-order valence-electron chi connectivity index (χ0n) is 19.0. The minimum Gasteiger partial charge on any atom is -0.325 e. The van der Waals surface area contributed by atoms with Crippen LogP contribution in [0.1, 0.15) is 18.1 Å². The van der Waals surface area contributed by atoms with Gasteiger partial charge in [0.1, 0.15) is 0 Å². The van der Waals surface area contributed by atoms with Gasteiger partial charge in [-0.3, -0.25) is 14.0 Å². The molecule has 7 nitrogen and oxygen atoms in total. The molecule has 3 aromatic carbocycles. The Morgan fingerprint density at radius 1 is 0.971 bits per heavy atom. The topological polar surface area (TPSA) is 81.3 Å². The zero-order chi connectivity index (χ0) is 23.8. The van der Waals surface area contributed by atoms with Crippen LogP contribution < -0.4 is 10.9 Å². The van der Waals surface area contributed by atoms with Crippen LogP contribution in [0.25, 0.3) is 22.4 Å². The number of rotatable bonds is 5. The summed E-state index contributed by atoms with van der Waals surface area (Å²) in [6.45, 7) is 5.78. The largest absolute Gasteiger partial charge is 0.325 e. The third-order valence-electron chi connectivity index (χ3n) is 5.69. The number of benzene rings is 3. The molecular formula is C26H23N5O2S. The Labute approximate surface area is 200 Å². The molecule has 1 unspecified atom stereocenters. The predicted octanol–water partition coefficient (Wildman–Crippen LogP) is 4.77. The van der Waals surface area contributed by atoms with Crippen molar-refractivity contribution < 1.29 is 4.79 Å². The molecule has 0 radical (unpaired) electrons. The van der Waals surface area contributed by atoms with Crippen molar-refractivity contribution in [3.63, 3.8) is 0 Å². The second-order valence-electron chi connectivity index (χ2n) is 8.18. The lowest BCUT2D eigenvalue weighted by atomic mass is 10.1. The highest BCUT2D eigenvalue weighted by Crippen LogP contribution is 2.27. The van der Waals surface area contributed by atoms with E-state index in [0.29, 0.717) is 21.8 Å². The molecule has 0 aliphatic carbocycles. The molecule has 2 heterocycles. The maximum atomic E-state index is 13.6. The lowest BCUT2D eigenvalue weighted by molar-refractivity contribution is -0.115. The highest BCUT2D eigenvalue weighted by atomic mass is 32.2. The lowest BCUT2D eigenvalue weighted by Gasteiger charge is -2.15. The van der Waals surface area contributed by atoms with E-state index in [1.807, 2.05) is 91.9 Å². The van der Waals surface area contributed by atoms with Gasteiger partial charge >= 0.3 is 0 Å². The quantitative estimate of drug-likeness (QED) is 0.375. The average molecular weight is 470 g/mol. The van der Waals surface area contributed by atoms with Gasteiger partial charge in [-0.2, -0.15) is 0 Å². The molecule has 34 heavy (non-hydrogen) atoms. The Balaban J connectivity index is 1.64. The van der Waals surface area contributed by atoms with Gasteiger partial charge in [0.15, 0.2) is 5.16 Å². The molecule has 8 heteroatoms. The first-order chi connectivity index (χ1) is 16.4. The fourth-order valence-electron chi connectivity index (χ4n) is 3.91. The summed E-state index contributed by atoms with van der Waals surface area (Å²) in [5, 5.41) is 12.4. The maximum Gasteiger partial charge on any atom is 0.267 e. The molecule has 1 atom stereocenters. The van der Waals surface area contributed by atoms with E-state index in [1.165, 1.54) is 11.8 Å². The molecule has 170 valence electrons. The number of hydrogen-bond donors (Lipinski definition) is 1. The standard InChI is InChI=1S/C26H23N5O2S/c1-16-13-14-17(2)22(15-16)30-24(33)20-11-7-8-12-21(20)31-25(30)28-29-26(31)34-18(3)23(32)27-19-9-5-4-6-10-19/h4-15,18H,1-3H3,(H,27,32).